The Balaban J connectivity index is 4.86. The normalized spacial score (nSPS) is 13.8. The first-order valence-corrected chi connectivity index (χ1v) is 11.5. The van der Waals surface area contributed by atoms with E-state index in [9.17, 15) is 0 Å². The van der Waals surface area contributed by atoms with Crippen molar-refractivity contribution in [3.63, 3.8) is 0 Å². The molecule has 0 aromatic carbocycles. The van der Waals surface area contributed by atoms with Gasteiger partial charge in [-0.2, -0.15) is 0 Å². The second kappa shape index (κ2) is 8.38. The Morgan fingerprint density at radius 1 is 0.947 bits per heavy atom. The van der Waals surface area contributed by atoms with Gasteiger partial charge in [0.1, 0.15) is 0 Å². The minimum atomic E-state index is -2.28. The zero-order chi connectivity index (χ0) is 15.2. The molecule has 0 aliphatic carbocycles. The lowest BCUT2D eigenvalue weighted by Gasteiger charge is -2.36. The first-order chi connectivity index (χ1) is 8.60. The van der Waals surface area contributed by atoms with Crippen LogP contribution in [0.3, 0.4) is 0 Å². The van der Waals surface area contributed by atoms with Gasteiger partial charge in [-0.3, -0.25) is 0 Å². The fourth-order valence-electron chi connectivity index (χ4n) is 1.13. The van der Waals surface area contributed by atoms with Crippen LogP contribution in [0.1, 0.15) is 74.1 Å². The molecule has 0 rings (SSSR count). The third-order valence-electron chi connectivity index (χ3n) is 3.17. The Kier molecular flexibility index (Phi) is 8.79. The number of hydrogen-bond donors (Lipinski definition) is 0. The Bertz CT molecular complexity index is 282. The van der Waals surface area contributed by atoms with Gasteiger partial charge in [0.15, 0.2) is 0 Å². The average Bonchev–Trinajstić information content (AvgIpc) is 2.28. The maximum Gasteiger partial charge on any atom is 0.248 e. The molecule has 2 nitrogen and oxygen atoms in total. The van der Waals surface area contributed by atoms with Gasteiger partial charge < -0.3 is 9.05 Å². The summed E-state index contributed by atoms with van der Waals surface area (Å²) in [6.45, 7) is 14.8. The molecule has 0 aliphatic rings. The van der Waals surface area contributed by atoms with Crippen LogP contribution in [0.15, 0.2) is 0 Å². The average molecular weight is 327 g/mol. The van der Waals surface area contributed by atoms with Crippen molar-refractivity contribution >= 4 is 28.9 Å². The zero-order valence-electron chi connectivity index (χ0n) is 13.6. The summed E-state index contributed by atoms with van der Waals surface area (Å²) in [6, 6.07) is 0. The molecule has 0 saturated carbocycles. The maximum atomic E-state index is 6.23. The van der Waals surface area contributed by atoms with E-state index in [-0.39, 0.29) is 11.2 Å². The molecular formula is C14H31O2PS2. The second-order valence-electron chi connectivity index (χ2n) is 6.04. The predicted octanol–water partition coefficient (Wildman–Crippen LogP) is 6.15. The van der Waals surface area contributed by atoms with Gasteiger partial charge in [0.2, 0.25) is 5.69 Å². The van der Waals surface area contributed by atoms with E-state index in [0.29, 0.717) is 0 Å². The minimum Gasteiger partial charge on any atom is -0.316 e. The van der Waals surface area contributed by atoms with Gasteiger partial charge in [-0.25, -0.2) is 0 Å². The lowest BCUT2D eigenvalue weighted by molar-refractivity contribution is 0.0562. The first kappa shape index (κ1) is 19.9. The summed E-state index contributed by atoms with van der Waals surface area (Å²) in [7, 11) is 0. The first-order valence-electron chi connectivity index (χ1n) is 7.26. The van der Waals surface area contributed by atoms with E-state index in [1.807, 2.05) is 0 Å². The molecule has 0 aromatic heterocycles. The molecule has 0 aliphatic heterocycles. The Hall–Kier alpha value is 0.920. The molecule has 0 amide bonds. The van der Waals surface area contributed by atoms with Crippen molar-refractivity contribution in [2.75, 3.05) is 5.75 Å². The van der Waals surface area contributed by atoms with Crippen LogP contribution in [0.25, 0.3) is 0 Å². The van der Waals surface area contributed by atoms with E-state index in [1.165, 1.54) is 6.42 Å². The molecule has 0 fully saturated rings. The molecule has 0 bridgehead atoms. The van der Waals surface area contributed by atoms with Gasteiger partial charge in [0.25, 0.3) is 0 Å². The van der Waals surface area contributed by atoms with Gasteiger partial charge >= 0.3 is 0 Å². The molecule has 0 atom stereocenters. The van der Waals surface area contributed by atoms with E-state index in [1.54, 1.807) is 11.4 Å². The summed E-state index contributed by atoms with van der Waals surface area (Å²) in [6.07, 6.45) is 4.22. The van der Waals surface area contributed by atoms with Crippen LogP contribution in [-0.4, -0.2) is 17.0 Å². The summed E-state index contributed by atoms with van der Waals surface area (Å²) < 4.78 is 12.5. The highest BCUT2D eigenvalue weighted by atomic mass is 32.9. The SMILES string of the molecule is CCCCSP(=S)(OC(C)(C)CC)OC(C)(C)CC. The number of hydrogen-bond acceptors (Lipinski definition) is 4. The molecule has 0 heterocycles. The third-order valence-corrected chi connectivity index (χ3v) is 8.73. The van der Waals surface area contributed by atoms with Crippen molar-refractivity contribution in [3.05, 3.63) is 0 Å². The van der Waals surface area contributed by atoms with E-state index in [4.69, 9.17) is 20.9 Å². The Labute approximate surface area is 129 Å². The van der Waals surface area contributed by atoms with Crippen molar-refractivity contribution in [2.45, 2.75) is 85.4 Å². The van der Waals surface area contributed by atoms with Gasteiger partial charge in [0.05, 0.1) is 11.2 Å². The van der Waals surface area contributed by atoms with E-state index < -0.39 is 5.69 Å². The Morgan fingerprint density at radius 2 is 1.37 bits per heavy atom. The van der Waals surface area contributed by atoms with Crippen molar-refractivity contribution in [3.8, 4) is 0 Å². The van der Waals surface area contributed by atoms with Crippen molar-refractivity contribution < 1.29 is 9.05 Å². The standard InChI is InChI=1S/C14H31O2PS2/c1-8-11-12-19-17(18,15-13(4,5)9-2)16-14(6,7)10-3/h8-12H2,1-7H3. The summed E-state index contributed by atoms with van der Waals surface area (Å²) in [5, 5.41) is 0. The topological polar surface area (TPSA) is 18.5 Å². The zero-order valence-corrected chi connectivity index (χ0v) is 16.1. The van der Waals surface area contributed by atoms with Gasteiger partial charge in [-0.15, -0.1) is 0 Å². The molecule has 116 valence electrons. The molecule has 0 unspecified atom stereocenters. The molecule has 0 N–H and O–H groups in total. The number of unbranched alkanes of at least 4 members (excludes halogenated alkanes) is 1. The summed E-state index contributed by atoms with van der Waals surface area (Å²) >= 11 is 7.49. The highest BCUT2D eigenvalue weighted by Gasteiger charge is 2.34. The molecule has 5 heteroatoms. The monoisotopic (exact) mass is 326 g/mol. The molecule has 0 spiro atoms. The van der Waals surface area contributed by atoms with Gasteiger partial charge in [0, 0.05) is 5.75 Å². The summed E-state index contributed by atoms with van der Waals surface area (Å²) in [5.41, 5.74) is -2.69. The van der Waals surface area contributed by atoms with Crippen LogP contribution in [0, 0.1) is 0 Å². The van der Waals surface area contributed by atoms with Crippen LogP contribution >= 0.6 is 17.1 Å². The molecule has 0 saturated heterocycles. The van der Waals surface area contributed by atoms with Crippen LogP contribution in [0.5, 0.6) is 0 Å². The third kappa shape index (κ3) is 8.72. The van der Waals surface area contributed by atoms with Crippen molar-refractivity contribution in [2.24, 2.45) is 0 Å². The number of rotatable bonds is 10. The van der Waals surface area contributed by atoms with Crippen LogP contribution in [-0.2, 0) is 20.9 Å². The van der Waals surface area contributed by atoms with Gasteiger partial charge in [-0.1, -0.05) is 38.6 Å². The molecular weight excluding hydrogens is 295 g/mol. The molecule has 19 heavy (non-hydrogen) atoms. The van der Waals surface area contributed by atoms with Gasteiger partial charge in [-0.05, 0) is 58.8 Å². The molecule has 0 radical (unpaired) electrons. The van der Waals surface area contributed by atoms with Crippen molar-refractivity contribution in [1.82, 2.24) is 0 Å². The predicted molar refractivity (Wildman–Crippen MR) is 92.6 cm³/mol. The Morgan fingerprint density at radius 3 is 1.68 bits per heavy atom. The fourth-order valence-corrected chi connectivity index (χ4v) is 7.85. The van der Waals surface area contributed by atoms with E-state index in [0.717, 1.165) is 25.0 Å². The van der Waals surface area contributed by atoms with E-state index in [2.05, 4.69) is 48.5 Å². The smallest absolute Gasteiger partial charge is 0.248 e. The largest absolute Gasteiger partial charge is 0.316 e. The summed E-state index contributed by atoms with van der Waals surface area (Å²) in [5.74, 6) is 1.02. The fraction of sp³-hybridized carbons (Fsp3) is 1.00. The molecule has 0 aromatic rings. The lowest BCUT2D eigenvalue weighted by atomic mass is 10.1. The van der Waals surface area contributed by atoms with E-state index >= 15 is 0 Å². The minimum absolute atomic E-state index is 0.210. The van der Waals surface area contributed by atoms with Crippen molar-refractivity contribution in [1.29, 1.82) is 0 Å². The maximum absolute atomic E-state index is 6.23. The highest BCUT2D eigenvalue weighted by Crippen LogP contribution is 2.65. The van der Waals surface area contributed by atoms with Crippen LogP contribution in [0.4, 0.5) is 0 Å². The summed E-state index contributed by atoms with van der Waals surface area (Å²) in [4.78, 5) is 0. The second-order valence-corrected chi connectivity index (χ2v) is 12.3. The van der Waals surface area contributed by atoms with Crippen LogP contribution in [0.2, 0.25) is 0 Å². The lowest BCUT2D eigenvalue weighted by Crippen LogP contribution is -2.26. The highest BCUT2D eigenvalue weighted by molar-refractivity contribution is 8.67. The quantitative estimate of drug-likeness (QED) is 0.353. The van der Waals surface area contributed by atoms with Crippen LogP contribution < -0.4 is 0 Å².